The number of ether oxygens (including phenoxy) is 1. The molecule has 0 N–H and O–H groups in total. The quantitative estimate of drug-likeness (QED) is 0.601. The van der Waals surface area contributed by atoms with Gasteiger partial charge in [-0.3, -0.25) is 14.9 Å². The maximum Gasteiger partial charge on any atom is 0.273 e. The molecule has 1 saturated heterocycles. The van der Waals surface area contributed by atoms with Crippen LogP contribution in [0.25, 0.3) is 0 Å². The predicted molar refractivity (Wildman–Crippen MR) is 95.9 cm³/mol. The Hall–Kier alpha value is -2.25. The van der Waals surface area contributed by atoms with Crippen LogP contribution in [0.4, 0.5) is 5.69 Å². The Kier molecular flexibility index (Phi) is 5.45. The summed E-state index contributed by atoms with van der Waals surface area (Å²) >= 11 is 1.61. The number of thiophene rings is 1. The minimum absolute atomic E-state index is 0.0195. The van der Waals surface area contributed by atoms with Crippen LogP contribution in [0.5, 0.6) is 0 Å². The van der Waals surface area contributed by atoms with Crippen LogP contribution in [0.3, 0.4) is 0 Å². The van der Waals surface area contributed by atoms with Crippen LogP contribution < -0.4 is 0 Å². The largest absolute Gasteiger partial charge is 0.381 e. The van der Waals surface area contributed by atoms with E-state index < -0.39 is 4.92 Å². The zero-order valence-corrected chi connectivity index (χ0v) is 14.8. The number of nitro benzene ring substituents is 1. The molecule has 0 bridgehead atoms. The number of amides is 1. The topological polar surface area (TPSA) is 72.7 Å². The molecular formula is C18H20N2O4S. The van der Waals surface area contributed by atoms with Crippen LogP contribution in [0.2, 0.25) is 0 Å². The van der Waals surface area contributed by atoms with Gasteiger partial charge in [-0.25, -0.2) is 0 Å². The molecule has 3 rings (SSSR count). The summed E-state index contributed by atoms with van der Waals surface area (Å²) in [5.41, 5.74) is 0.798. The van der Waals surface area contributed by atoms with Crippen LogP contribution >= 0.6 is 11.3 Å². The monoisotopic (exact) mass is 360 g/mol. The lowest BCUT2D eigenvalue weighted by Gasteiger charge is -2.34. The first-order chi connectivity index (χ1) is 12.1. The molecule has 0 atom stereocenters. The average Bonchev–Trinajstić information content (AvgIpc) is 3.13. The molecule has 1 aromatic carbocycles. The van der Waals surface area contributed by atoms with E-state index >= 15 is 0 Å². The second kappa shape index (κ2) is 7.76. The Labute approximate surface area is 150 Å². The van der Waals surface area contributed by atoms with Crippen molar-refractivity contribution >= 4 is 22.9 Å². The van der Waals surface area contributed by atoms with Gasteiger partial charge in [-0.1, -0.05) is 12.1 Å². The zero-order valence-electron chi connectivity index (χ0n) is 14.0. The molecule has 132 valence electrons. The summed E-state index contributed by atoms with van der Waals surface area (Å²) in [5, 5.41) is 13.2. The van der Waals surface area contributed by atoms with Crippen LogP contribution in [-0.2, 0) is 11.3 Å². The molecule has 0 radical (unpaired) electrons. The first-order valence-corrected chi connectivity index (χ1v) is 9.11. The number of nitrogens with zero attached hydrogens (tertiary/aromatic N) is 2. The SMILES string of the molecule is Cc1c(C(=O)N(Cc2cccs2)C2CCOCC2)cccc1[N+](=O)[O-]. The van der Waals surface area contributed by atoms with Crippen LogP contribution in [0.1, 0.15) is 33.6 Å². The van der Waals surface area contributed by atoms with Gasteiger partial charge >= 0.3 is 0 Å². The van der Waals surface area contributed by atoms with E-state index in [1.54, 1.807) is 30.4 Å². The molecule has 1 aliphatic rings. The van der Waals surface area contributed by atoms with E-state index in [2.05, 4.69) is 0 Å². The summed E-state index contributed by atoms with van der Waals surface area (Å²) in [6.07, 6.45) is 1.57. The molecule has 0 unspecified atom stereocenters. The Morgan fingerprint density at radius 1 is 1.32 bits per heavy atom. The maximum absolute atomic E-state index is 13.2. The summed E-state index contributed by atoms with van der Waals surface area (Å²) in [5.74, 6) is -0.151. The molecule has 6 nitrogen and oxygen atoms in total. The molecule has 0 aliphatic carbocycles. The van der Waals surface area contributed by atoms with E-state index in [0.29, 0.717) is 30.9 Å². The third-order valence-electron chi connectivity index (χ3n) is 4.53. The fourth-order valence-corrected chi connectivity index (χ4v) is 3.84. The zero-order chi connectivity index (χ0) is 17.8. The fraction of sp³-hybridized carbons (Fsp3) is 0.389. The lowest BCUT2D eigenvalue weighted by Crippen LogP contribution is -2.43. The van der Waals surface area contributed by atoms with E-state index in [4.69, 9.17) is 4.74 Å². The highest BCUT2D eigenvalue weighted by Crippen LogP contribution is 2.26. The Bertz CT molecular complexity index is 754. The van der Waals surface area contributed by atoms with Gasteiger partial charge < -0.3 is 9.64 Å². The van der Waals surface area contributed by atoms with Crippen molar-refractivity contribution in [3.63, 3.8) is 0 Å². The van der Waals surface area contributed by atoms with Gasteiger partial charge in [0.1, 0.15) is 0 Å². The minimum atomic E-state index is -0.440. The van der Waals surface area contributed by atoms with Crippen molar-refractivity contribution in [3.8, 4) is 0 Å². The number of carbonyl (C=O) groups is 1. The summed E-state index contributed by atoms with van der Waals surface area (Å²) < 4.78 is 5.42. The summed E-state index contributed by atoms with van der Waals surface area (Å²) in [4.78, 5) is 26.9. The smallest absolute Gasteiger partial charge is 0.273 e. The first kappa shape index (κ1) is 17.6. The van der Waals surface area contributed by atoms with Gasteiger partial charge in [-0.2, -0.15) is 0 Å². The Morgan fingerprint density at radius 3 is 2.72 bits per heavy atom. The van der Waals surface area contributed by atoms with Crippen molar-refractivity contribution in [2.75, 3.05) is 13.2 Å². The second-order valence-corrected chi connectivity index (χ2v) is 7.10. The van der Waals surface area contributed by atoms with Crippen LogP contribution in [-0.4, -0.2) is 35.0 Å². The normalized spacial score (nSPS) is 15.1. The second-order valence-electron chi connectivity index (χ2n) is 6.06. The number of hydrogen-bond acceptors (Lipinski definition) is 5. The molecule has 7 heteroatoms. The van der Waals surface area contributed by atoms with Gasteiger partial charge in [0.05, 0.1) is 11.5 Å². The third kappa shape index (κ3) is 3.88. The Morgan fingerprint density at radius 2 is 2.08 bits per heavy atom. The summed E-state index contributed by atoms with van der Waals surface area (Å²) in [6, 6.07) is 8.74. The molecule has 0 saturated carbocycles. The van der Waals surface area contributed by atoms with E-state index in [9.17, 15) is 14.9 Å². The van der Waals surface area contributed by atoms with Crippen molar-refractivity contribution in [2.24, 2.45) is 0 Å². The molecule has 1 fully saturated rings. The predicted octanol–water partition coefficient (Wildman–Crippen LogP) is 3.79. The minimum Gasteiger partial charge on any atom is -0.381 e. The van der Waals surface area contributed by atoms with Crippen molar-refractivity contribution < 1.29 is 14.5 Å². The van der Waals surface area contributed by atoms with E-state index in [-0.39, 0.29) is 17.6 Å². The van der Waals surface area contributed by atoms with Gasteiger partial charge in [0.2, 0.25) is 0 Å². The Balaban J connectivity index is 1.93. The highest BCUT2D eigenvalue weighted by molar-refractivity contribution is 7.09. The third-order valence-corrected chi connectivity index (χ3v) is 5.39. The van der Waals surface area contributed by atoms with Gasteiger partial charge in [0.25, 0.3) is 11.6 Å². The van der Waals surface area contributed by atoms with Gasteiger partial charge in [0, 0.05) is 41.3 Å². The molecular weight excluding hydrogens is 340 g/mol. The van der Waals surface area contributed by atoms with Crippen molar-refractivity contribution in [2.45, 2.75) is 32.4 Å². The van der Waals surface area contributed by atoms with Crippen molar-refractivity contribution in [1.29, 1.82) is 0 Å². The molecule has 2 aromatic rings. The lowest BCUT2D eigenvalue weighted by molar-refractivity contribution is -0.385. The highest BCUT2D eigenvalue weighted by Gasteiger charge is 2.29. The van der Waals surface area contributed by atoms with Crippen molar-refractivity contribution in [1.82, 2.24) is 4.90 Å². The number of rotatable bonds is 5. The number of nitro groups is 1. The van der Waals surface area contributed by atoms with E-state index in [1.807, 2.05) is 22.4 Å². The highest BCUT2D eigenvalue weighted by atomic mass is 32.1. The maximum atomic E-state index is 13.2. The summed E-state index contributed by atoms with van der Waals surface area (Å²) in [7, 11) is 0. The van der Waals surface area contributed by atoms with Crippen LogP contribution in [0, 0.1) is 17.0 Å². The molecule has 2 heterocycles. The molecule has 25 heavy (non-hydrogen) atoms. The van der Waals surface area contributed by atoms with E-state index in [1.165, 1.54) is 6.07 Å². The van der Waals surface area contributed by atoms with Gasteiger partial charge in [-0.15, -0.1) is 11.3 Å². The fourth-order valence-electron chi connectivity index (χ4n) is 3.14. The number of carbonyl (C=O) groups excluding carboxylic acids is 1. The van der Waals surface area contributed by atoms with Gasteiger partial charge in [-0.05, 0) is 37.3 Å². The van der Waals surface area contributed by atoms with E-state index in [0.717, 1.165) is 17.7 Å². The molecule has 0 spiro atoms. The van der Waals surface area contributed by atoms with Crippen LogP contribution in [0.15, 0.2) is 35.7 Å². The van der Waals surface area contributed by atoms with Gasteiger partial charge in [0.15, 0.2) is 0 Å². The lowest BCUT2D eigenvalue weighted by atomic mass is 10.0. The standard InChI is InChI=1S/C18H20N2O4S/c1-13-16(5-2-6-17(13)20(22)23)18(21)19(12-15-4-3-11-25-15)14-7-9-24-10-8-14/h2-6,11,14H,7-10,12H2,1H3. The molecule has 1 aromatic heterocycles. The van der Waals surface area contributed by atoms with Crippen molar-refractivity contribution in [3.05, 3.63) is 61.8 Å². The molecule has 1 aliphatic heterocycles. The number of benzene rings is 1. The number of hydrogen-bond donors (Lipinski definition) is 0. The molecule has 1 amide bonds. The first-order valence-electron chi connectivity index (χ1n) is 8.23. The average molecular weight is 360 g/mol. The summed E-state index contributed by atoms with van der Waals surface area (Å²) in [6.45, 7) is 3.42.